The van der Waals surface area contributed by atoms with E-state index in [1.54, 1.807) is 5.38 Å². The molecule has 1 heterocycles. The molecule has 0 amide bonds. The number of aromatic nitrogens is 1. The number of nitrogens with zero attached hydrogens (tertiary/aromatic N) is 1. The number of methoxy groups -OCH3 is 1. The zero-order valence-corrected chi connectivity index (χ0v) is 23.4. The Balaban J connectivity index is 3.04. The summed E-state index contributed by atoms with van der Waals surface area (Å²) in [4.78, 5) is 29.4. The number of carbonyl (C=O) groups is 2. The number of hydrogen-bond donors (Lipinski definition) is 0. The summed E-state index contributed by atoms with van der Waals surface area (Å²) in [5, 5.41) is 2.31. The highest BCUT2D eigenvalue weighted by atomic mass is 32.1. The van der Waals surface area contributed by atoms with Gasteiger partial charge in [0.25, 0.3) is 0 Å². The molecule has 6 nitrogen and oxygen atoms in total. The van der Waals surface area contributed by atoms with Crippen molar-refractivity contribution in [3.8, 4) is 0 Å². The molecular formula is C24H43NO5SSi. The molecule has 32 heavy (non-hydrogen) atoms. The molecular weight excluding hydrogens is 442 g/mol. The van der Waals surface area contributed by atoms with Crippen LogP contribution in [0.5, 0.6) is 0 Å². The lowest BCUT2D eigenvalue weighted by molar-refractivity contribution is -0.160. The molecule has 0 aromatic carbocycles. The monoisotopic (exact) mass is 485 g/mol. The summed E-state index contributed by atoms with van der Waals surface area (Å²) in [5.74, 6) is -1.14. The van der Waals surface area contributed by atoms with Crippen molar-refractivity contribution in [1.82, 2.24) is 4.98 Å². The Bertz CT molecular complexity index is 741. The topological polar surface area (TPSA) is 74.7 Å². The Hall–Kier alpha value is -1.25. The van der Waals surface area contributed by atoms with Crippen molar-refractivity contribution in [2.45, 2.75) is 104 Å². The third-order valence-electron chi connectivity index (χ3n) is 6.28. The minimum atomic E-state index is -2.05. The highest BCUT2D eigenvalue weighted by Crippen LogP contribution is 2.39. The average Bonchev–Trinajstić information content (AvgIpc) is 3.18. The van der Waals surface area contributed by atoms with E-state index in [4.69, 9.17) is 13.9 Å². The van der Waals surface area contributed by atoms with Gasteiger partial charge in [-0.2, -0.15) is 0 Å². The smallest absolute Gasteiger partial charge is 0.357 e. The van der Waals surface area contributed by atoms with Crippen molar-refractivity contribution in [2.75, 3.05) is 7.11 Å². The predicted octanol–water partition coefficient (Wildman–Crippen LogP) is 6.78. The lowest BCUT2D eigenvalue weighted by Crippen LogP contribution is -2.46. The van der Waals surface area contributed by atoms with Crippen molar-refractivity contribution >= 4 is 31.6 Å². The Morgan fingerprint density at radius 2 is 1.78 bits per heavy atom. The maximum absolute atomic E-state index is 13.2. The quantitative estimate of drug-likeness (QED) is 0.185. The van der Waals surface area contributed by atoms with Crippen molar-refractivity contribution in [2.24, 2.45) is 11.8 Å². The van der Waals surface area contributed by atoms with Crippen LogP contribution in [-0.2, 0) is 18.7 Å². The van der Waals surface area contributed by atoms with E-state index in [-0.39, 0.29) is 34.6 Å². The van der Waals surface area contributed by atoms with E-state index in [0.717, 1.165) is 25.7 Å². The Morgan fingerprint density at radius 1 is 1.16 bits per heavy atom. The van der Waals surface area contributed by atoms with Crippen LogP contribution in [0.15, 0.2) is 5.38 Å². The molecule has 8 heteroatoms. The summed E-state index contributed by atoms with van der Waals surface area (Å²) in [6.45, 7) is 19.1. The minimum Gasteiger partial charge on any atom is -0.464 e. The fourth-order valence-corrected chi connectivity index (χ4v) is 5.45. The number of ether oxygens (including phenoxy) is 2. The molecule has 1 aromatic heterocycles. The lowest BCUT2D eigenvalue weighted by Gasteiger charge is -2.40. The first-order chi connectivity index (χ1) is 14.7. The van der Waals surface area contributed by atoms with E-state index in [9.17, 15) is 9.59 Å². The number of esters is 2. The second-order valence-corrected chi connectivity index (χ2v) is 16.0. The summed E-state index contributed by atoms with van der Waals surface area (Å²) in [6, 6.07) is 0. The van der Waals surface area contributed by atoms with Gasteiger partial charge in [0.2, 0.25) is 0 Å². The fraction of sp³-hybridized carbons (Fsp3) is 0.792. The summed E-state index contributed by atoms with van der Waals surface area (Å²) in [5.41, 5.74) is 0.237. The molecule has 0 bridgehead atoms. The van der Waals surface area contributed by atoms with Gasteiger partial charge in [-0.05, 0) is 37.4 Å². The van der Waals surface area contributed by atoms with E-state index < -0.39 is 20.4 Å². The zero-order valence-electron chi connectivity index (χ0n) is 21.6. The van der Waals surface area contributed by atoms with Crippen molar-refractivity contribution < 1.29 is 23.5 Å². The van der Waals surface area contributed by atoms with Crippen LogP contribution in [0, 0.1) is 11.8 Å². The first-order valence-corrected chi connectivity index (χ1v) is 15.5. The minimum absolute atomic E-state index is 0.0163. The number of hydrogen-bond acceptors (Lipinski definition) is 7. The molecule has 0 spiro atoms. The van der Waals surface area contributed by atoms with Crippen LogP contribution in [0.3, 0.4) is 0 Å². The molecule has 0 aliphatic heterocycles. The number of rotatable bonds is 12. The van der Waals surface area contributed by atoms with Gasteiger partial charge in [-0.1, -0.05) is 60.8 Å². The molecule has 1 aromatic rings. The Kier molecular flexibility index (Phi) is 11.0. The molecule has 0 unspecified atom stereocenters. The van der Waals surface area contributed by atoms with Crippen LogP contribution >= 0.6 is 11.3 Å². The van der Waals surface area contributed by atoms with Gasteiger partial charge in [0.1, 0.15) is 5.01 Å². The maximum Gasteiger partial charge on any atom is 0.357 e. The molecule has 0 radical (unpaired) electrons. The van der Waals surface area contributed by atoms with Crippen molar-refractivity contribution in [3.63, 3.8) is 0 Å². The lowest BCUT2D eigenvalue weighted by atomic mass is 9.99. The molecule has 184 valence electrons. The summed E-state index contributed by atoms with van der Waals surface area (Å²) in [6.07, 6.45) is 3.40. The van der Waals surface area contributed by atoms with Crippen molar-refractivity contribution in [3.05, 3.63) is 16.1 Å². The van der Waals surface area contributed by atoms with Gasteiger partial charge in [-0.25, -0.2) is 9.78 Å². The van der Waals surface area contributed by atoms with Gasteiger partial charge in [0, 0.05) is 5.38 Å². The third-order valence-corrected chi connectivity index (χ3v) is 11.7. The molecule has 0 aliphatic carbocycles. The van der Waals surface area contributed by atoms with Gasteiger partial charge < -0.3 is 13.9 Å². The Labute approximate surface area is 199 Å². The third kappa shape index (κ3) is 7.95. The number of carbonyl (C=O) groups excluding carboxylic acids is 2. The Morgan fingerprint density at radius 3 is 2.28 bits per heavy atom. The molecule has 0 saturated heterocycles. The van der Waals surface area contributed by atoms with Gasteiger partial charge in [-0.3, -0.25) is 4.79 Å². The van der Waals surface area contributed by atoms with E-state index in [0.29, 0.717) is 5.01 Å². The van der Waals surface area contributed by atoms with Gasteiger partial charge in [-0.15, -0.1) is 11.3 Å². The molecule has 0 N–H and O–H groups in total. The van der Waals surface area contributed by atoms with E-state index in [1.807, 2.05) is 20.8 Å². The average molecular weight is 486 g/mol. The van der Waals surface area contributed by atoms with Gasteiger partial charge in [0.05, 0.1) is 19.1 Å². The van der Waals surface area contributed by atoms with E-state index in [1.165, 1.54) is 18.4 Å². The second kappa shape index (κ2) is 12.3. The second-order valence-electron chi connectivity index (χ2n) is 10.4. The van der Waals surface area contributed by atoms with Crippen LogP contribution < -0.4 is 0 Å². The number of unbranched alkanes of at least 4 members (excludes halogenated alkanes) is 2. The molecule has 1 rings (SSSR count). The van der Waals surface area contributed by atoms with Crippen molar-refractivity contribution in [1.29, 1.82) is 0 Å². The van der Waals surface area contributed by atoms with Crippen LogP contribution in [0.4, 0.5) is 0 Å². The fourth-order valence-electron chi connectivity index (χ4n) is 3.03. The van der Waals surface area contributed by atoms with Crippen LogP contribution in [0.2, 0.25) is 18.1 Å². The van der Waals surface area contributed by atoms with E-state index in [2.05, 4.69) is 45.8 Å². The highest BCUT2D eigenvalue weighted by Gasteiger charge is 2.41. The summed E-state index contributed by atoms with van der Waals surface area (Å²) in [7, 11) is -0.722. The molecule has 0 aliphatic rings. The predicted molar refractivity (Wildman–Crippen MR) is 133 cm³/mol. The highest BCUT2D eigenvalue weighted by molar-refractivity contribution is 7.09. The SMILES string of the molecule is CCCCC[C@H](O[Si](C)(C)C(C)(C)C)[C@@H](C)C(=O)O[C@H](c1nc(C(=O)OC)cs1)C(C)C. The van der Waals surface area contributed by atoms with Crippen LogP contribution in [0.1, 0.15) is 95.7 Å². The molecule has 3 atom stereocenters. The van der Waals surface area contributed by atoms with Crippen LogP contribution in [0.25, 0.3) is 0 Å². The summed E-state index contributed by atoms with van der Waals surface area (Å²) >= 11 is 1.31. The largest absolute Gasteiger partial charge is 0.464 e. The van der Waals surface area contributed by atoms with Gasteiger partial charge >= 0.3 is 11.9 Å². The zero-order chi connectivity index (χ0) is 24.7. The first kappa shape index (κ1) is 28.8. The van der Waals surface area contributed by atoms with E-state index >= 15 is 0 Å². The number of thiazole rings is 1. The molecule has 0 saturated carbocycles. The maximum atomic E-state index is 13.2. The first-order valence-electron chi connectivity index (χ1n) is 11.7. The van der Waals surface area contributed by atoms with Crippen LogP contribution in [-0.4, -0.2) is 38.5 Å². The molecule has 0 fully saturated rings. The normalized spacial score (nSPS) is 15.3. The summed E-state index contributed by atoms with van der Waals surface area (Å²) < 4.78 is 17.4. The standard InChI is InChI=1S/C24H43NO5SSi/c1-11-12-13-14-19(30-32(9,10)24(5,6)7)17(4)22(26)29-20(16(2)3)21-25-18(15-31-21)23(27)28-8/h15-17,19-20H,11-14H2,1-10H3/t17-,19+,20+/m1/s1. The van der Waals surface area contributed by atoms with Gasteiger partial charge in [0.15, 0.2) is 20.1 Å².